The van der Waals surface area contributed by atoms with Crippen molar-refractivity contribution in [2.45, 2.75) is 0 Å². The molecule has 0 fully saturated rings. The fraction of sp³-hybridized carbons (Fsp3) is 0.154. The quantitative estimate of drug-likeness (QED) is 0.298. The van der Waals surface area contributed by atoms with Crippen LogP contribution in [0.25, 0.3) is 22.2 Å². The van der Waals surface area contributed by atoms with E-state index in [1.807, 2.05) is 24.3 Å². The highest BCUT2D eigenvalue weighted by Crippen LogP contribution is 2.41. The smallest absolute Gasteiger partial charge is 0.344 e. The summed E-state index contributed by atoms with van der Waals surface area (Å²) >= 11 is 0. The molecule has 34 heavy (non-hydrogen) atoms. The Bertz CT molecular complexity index is 1370. The van der Waals surface area contributed by atoms with Gasteiger partial charge in [0.2, 0.25) is 12.5 Å². The Balaban J connectivity index is 1.59. The first-order valence-electron chi connectivity index (χ1n) is 10.4. The monoisotopic (exact) mass is 459 g/mol. The fourth-order valence-electron chi connectivity index (χ4n) is 3.82. The summed E-state index contributed by atoms with van der Waals surface area (Å²) in [6.07, 6.45) is 0. The maximum absolute atomic E-state index is 13.3. The van der Waals surface area contributed by atoms with E-state index < -0.39 is 5.97 Å². The molecule has 8 heteroatoms. The van der Waals surface area contributed by atoms with Crippen LogP contribution in [-0.4, -0.2) is 39.1 Å². The van der Waals surface area contributed by atoms with Crippen LogP contribution in [0.15, 0.2) is 60.7 Å². The van der Waals surface area contributed by atoms with Gasteiger partial charge in [0.15, 0.2) is 23.0 Å². The maximum atomic E-state index is 13.3. The van der Waals surface area contributed by atoms with E-state index in [1.165, 1.54) is 0 Å². The number of aromatic nitrogens is 1. The number of hydrogen-bond acceptors (Lipinski definition) is 8. The molecule has 0 aliphatic carbocycles. The largest absolute Gasteiger partial charge is 0.493 e. The number of nitrogens with zero attached hydrogens (tertiary/aromatic N) is 1. The standard InChI is InChI=1S/C26H21NO7/c1-29-23-10-15(11-24(30-2)25(23)31-3)20-13-18(17-6-4-5-7-19(17)27-20)26(28)34-16-8-9-21-22(12-16)33-14-32-21/h4-13H,14H2,1-3H3. The first-order valence-corrected chi connectivity index (χ1v) is 10.4. The minimum absolute atomic E-state index is 0.139. The average molecular weight is 459 g/mol. The summed E-state index contributed by atoms with van der Waals surface area (Å²) < 4.78 is 32.7. The minimum Gasteiger partial charge on any atom is -0.493 e. The highest BCUT2D eigenvalue weighted by Gasteiger charge is 2.20. The molecule has 0 atom stereocenters. The second kappa shape index (κ2) is 8.82. The Hall–Kier alpha value is -4.46. The van der Waals surface area contributed by atoms with Crippen LogP contribution in [0.1, 0.15) is 10.4 Å². The molecule has 4 aromatic rings. The highest BCUT2D eigenvalue weighted by molar-refractivity contribution is 6.05. The van der Waals surface area contributed by atoms with Gasteiger partial charge in [-0.15, -0.1) is 0 Å². The lowest BCUT2D eigenvalue weighted by atomic mass is 10.0. The van der Waals surface area contributed by atoms with Gasteiger partial charge in [0.1, 0.15) is 5.75 Å². The molecule has 3 aromatic carbocycles. The zero-order valence-corrected chi connectivity index (χ0v) is 18.8. The van der Waals surface area contributed by atoms with Crippen molar-refractivity contribution in [1.82, 2.24) is 4.98 Å². The molecule has 172 valence electrons. The number of benzene rings is 3. The zero-order valence-electron chi connectivity index (χ0n) is 18.8. The van der Waals surface area contributed by atoms with Crippen LogP contribution in [0.3, 0.4) is 0 Å². The Morgan fingerprint density at radius 1 is 0.853 bits per heavy atom. The van der Waals surface area contributed by atoms with Crippen LogP contribution < -0.4 is 28.4 Å². The Kier molecular flexibility index (Phi) is 5.55. The van der Waals surface area contributed by atoms with Crippen molar-refractivity contribution in [3.05, 3.63) is 66.2 Å². The summed E-state index contributed by atoms with van der Waals surface area (Å²) in [7, 11) is 4.63. The van der Waals surface area contributed by atoms with Crippen molar-refractivity contribution in [2.24, 2.45) is 0 Å². The second-order valence-corrected chi connectivity index (χ2v) is 7.39. The molecule has 0 N–H and O–H groups in total. The van der Waals surface area contributed by atoms with Crippen LogP contribution in [-0.2, 0) is 0 Å². The van der Waals surface area contributed by atoms with Crippen molar-refractivity contribution in [3.63, 3.8) is 0 Å². The van der Waals surface area contributed by atoms with Gasteiger partial charge in [-0.1, -0.05) is 18.2 Å². The van der Waals surface area contributed by atoms with Gasteiger partial charge in [0, 0.05) is 17.0 Å². The molecule has 1 aromatic heterocycles. The molecule has 2 heterocycles. The number of carbonyl (C=O) groups excluding carboxylic acids is 1. The lowest BCUT2D eigenvalue weighted by molar-refractivity contribution is 0.0736. The summed E-state index contributed by atoms with van der Waals surface area (Å²) in [5.41, 5.74) is 2.26. The van der Waals surface area contributed by atoms with Gasteiger partial charge in [-0.2, -0.15) is 0 Å². The van der Waals surface area contributed by atoms with Crippen molar-refractivity contribution in [1.29, 1.82) is 0 Å². The van der Waals surface area contributed by atoms with E-state index >= 15 is 0 Å². The van der Waals surface area contributed by atoms with E-state index in [0.29, 0.717) is 62.2 Å². The van der Waals surface area contributed by atoms with E-state index in [-0.39, 0.29) is 6.79 Å². The Morgan fingerprint density at radius 2 is 1.59 bits per heavy atom. The van der Waals surface area contributed by atoms with Crippen molar-refractivity contribution in [2.75, 3.05) is 28.1 Å². The van der Waals surface area contributed by atoms with Crippen LogP contribution in [0.4, 0.5) is 0 Å². The predicted octanol–water partition coefficient (Wildman–Crippen LogP) is 4.88. The first-order chi connectivity index (χ1) is 16.6. The third kappa shape index (κ3) is 3.79. The Morgan fingerprint density at radius 3 is 2.32 bits per heavy atom. The van der Waals surface area contributed by atoms with E-state index in [2.05, 4.69) is 0 Å². The van der Waals surface area contributed by atoms with Gasteiger partial charge in [0.05, 0.1) is 38.1 Å². The zero-order chi connectivity index (χ0) is 23.7. The Labute approximate surface area is 195 Å². The average Bonchev–Trinajstić information content (AvgIpc) is 3.35. The van der Waals surface area contributed by atoms with Gasteiger partial charge in [0.25, 0.3) is 0 Å². The number of carbonyl (C=O) groups is 1. The number of rotatable bonds is 6. The molecular weight excluding hydrogens is 438 g/mol. The molecular formula is C26H21NO7. The summed E-state index contributed by atoms with van der Waals surface area (Å²) in [6, 6.07) is 17.6. The van der Waals surface area contributed by atoms with E-state index in [9.17, 15) is 4.79 Å². The van der Waals surface area contributed by atoms with Crippen molar-refractivity contribution >= 4 is 16.9 Å². The topological polar surface area (TPSA) is 85.3 Å². The highest BCUT2D eigenvalue weighted by atomic mass is 16.7. The van der Waals surface area contributed by atoms with Gasteiger partial charge >= 0.3 is 5.97 Å². The number of hydrogen-bond donors (Lipinski definition) is 0. The van der Waals surface area contributed by atoms with E-state index in [0.717, 1.165) is 0 Å². The molecule has 0 spiro atoms. The molecule has 0 saturated heterocycles. The molecule has 0 amide bonds. The molecule has 0 radical (unpaired) electrons. The van der Waals surface area contributed by atoms with Crippen LogP contribution >= 0.6 is 0 Å². The minimum atomic E-state index is -0.522. The van der Waals surface area contributed by atoms with Gasteiger partial charge in [-0.25, -0.2) is 9.78 Å². The molecule has 0 saturated carbocycles. The summed E-state index contributed by atoms with van der Waals surface area (Å²) in [5, 5.41) is 0.671. The number of fused-ring (bicyclic) bond motifs is 2. The first kappa shape index (κ1) is 21.4. The fourth-order valence-corrected chi connectivity index (χ4v) is 3.82. The van der Waals surface area contributed by atoms with Gasteiger partial charge in [-0.3, -0.25) is 0 Å². The van der Waals surface area contributed by atoms with Gasteiger partial charge < -0.3 is 28.4 Å². The molecule has 0 unspecified atom stereocenters. The number of methoxy groups -OCH3 is 3. The number of pyridine rings is 1. The van der Waals surface area contributed by atoms with Crippen molar-refractivity contribution < 1.29 is 33.2 Å². The number of para-hydroxylation sites is 1. The number of ether oxygens (including phenoxy) is 6. The lowest BCUT2D eigenvalue weighted by Gasteiger charge is -2.15. The third-order valence-electron chi connectivity index (χ3n) is 5.45. The molecule has 8 nitrogen and oxygen atoms in total. The van der Waals surface area contributed by atoms with Crippen LogP contribution in [0.2, 0.25) is 0 Å². The predicted molar refractivity (Wildman–Crippen MR) is 124 cm³/mol. The SMILES string of the molecule is COc1cc(-c2cc(C(=O)Oc3ccc4c(c3)OCO4)c3ccccc3n2)cc(OC)c1OC. The summed E-state index contributed by atoms with van der Waals surface area (Å²) in [5.74, 6) is 2.40. The summed E-state index contributed by atoms with van der Waals surface area (Å²) in [4.78, 5) is 18.0. The normalized spacial score (nSPS) is 11.9. The second-order valence-electron chi connectivity index (χ2n) is 7.39. The molecule has 1 aliphatic rings. The molecule has 1 aliphatic heterocycles. The maximum Gasteiger partial charge on any atom is 0.344 e. The van der Waals surface area contributed by atoms with Crippen molar-refractivity contribution in [3.8, 4) is 45.8 Å². The summed E-state index contributed by atoms with van der Waals surface area (Å²) in [6.45, 7) is 0.139. The van der Waals surface area contributed by atoms with Crippen LogP contribution in [0.5, 0.6) is 34.5 Å². The molecule has 5 rings (SSSR count). The number of esters is 1. The van der Waals surface area contributed by atoms with Crippen LogP contribution in [0, 0.1) is 0 Å². The van der Waals surface area contributed by atoms with E-state index in [4.69, 9.17) is 33.4 Å². The lowest BCUT2D eigenvalue weighted by Crippen LogP contribution is -2.10. The van der Waals surface area contributed by atoms with Gasteiger partial charge in [-0.05, 0) is 36.4 Å². The van der Waals surface area contributed by atoms with E-state index in [1.54, 1.807) is 57.7 Å². The third-order valence-corrected chi connectivity index (χ3v) is 5.45. The molecule has 0 bridgehead atoms.